The topological polar surface area (TPSA) is 92.6 Å². The summed E-state index contributed by atoms with van der Waals surface area (Å²) in [4.78, 5) is 36.6. The number of rotatable bonds is 5. The summed E-state index contributed by atoms with van der Waals surface area (Å²) in [5, 5.41) is 13.6. The van der Waals surface area contributed by atoms with Gasteiger partial charge in [0.05, 0.1) is 4.92 Å². The number of hydrogen-bond donors (Lipinski definition) is 1. The van der Waals surface area contributed by atoms with Crippen molar-refractivity contribution in [3.05, 3.63) is 63.7 Å². The molecule has 0 saturated heterocycles. The first-order valence-electron chi connectivity index (χ1n) is 8.48. The maximum absolute atomic E-state index is 12.4. The van der Waals surface area contributed by atoms with E-state index >= 15 is 0 Å². The third-order valence-corrected chi connectivity index (χ3v) is 4.30. The molecule has 0 unspecified atom stereocenters. The molecule has 0 spiro atoms. The summed E-state index contributed by atoms with van der Waals surface area (Å²) >= 11 is 0. The molecule has 2 amide bonds. The number of aryl methyl sites for hydroxylation is 1. The van der Waals surface area contributed by atoms with Crippen LogP contribution in [0.4, 0.5) is 17.1 Å². The monoisotopic (exact) mass is 353 g/mol. The maximum atomic E-state index is 12.4. The van der Waals surface area contributed by atoms with Crippen molar-refractivity contribution in [3.63, 3.8) is 0 Å². The molecule has 0 radical (unpaired) electrons. The fraction of sp³-hybridized carbons (Fsp3) is 0.263. The first-order chi connectivity index (χ1) is 12.5. The standard InChI is InChI=1S/C19H19N3O4/c1-2-10-21-17-8-7-15(11-13(17)6-9-18(21)23)20-19(24)14-4-3-5-16(12-14)22(25)26/h3-5,7-8,11-12H,2,6,9-10H2,1H3,(H,20,24). The Labute approximate surface area is 150 Å². The van der Waals surface area contributed by atoms with Crippen LogP contribution in [0.2, 0.25) is 0 Å². The van der Waals surface area contributed by atoms with Crippen LogP contribution in [0.3, 0.4) is 0 Å². The van der Waals surface area contributed by atoms with Gasteiger partial charge in [-0.3, -0.25) is 19.7 Å². The molecule has 0 aromatic heterocycles. The highest BCUT2D eigenvalue weighted by molar-refractivity contribution is 6.05. The second kappa shape index (κ2) is 7.35. The van der Waals surface area contributed by atoms with Crippen molar-refractivity contribution in [1.82, 2.24) is 0 Å². The molecule has 1 N–H and O–H groups in total. The van der Waals surface area contributed by atoms with Gasteiger partial charge in [0.15, 0.2) is 0 Å². The van der Waals surface area contributed by atoms with Crippen LogP contribution in [-0.4, -0.2) is 23.3 Å². The fourth-order valence-electron chi connectivity index (χ4n) is 3.07. The van der Waals surface area contributed by atoms with Gasteiger partial charge in [-0.25, -0.2) is 0 Å². The van der Waals surface area contributed by atoms with Crippen LogP contribution >= 0.6 is 0 Å². The number of benzene rings is 2. The number of nitro benzene ring substituents is 1. The highest BCUT2D eigenvalue weighted by Crippen LogP contribution is 2.30. The van der Waals surface area contributed by atoms with Crippen LogP contribution in [-0.2, 0) is 11.2 Å². The van der Waals surface area contributed by atoms with Gasteiger partial charge in [0, 0.05) is 42.0 Å². The lowest BCUT2D eigenvalue weighted by atomic mass is 10.00. The molecule has 2 aromatic carbocycles. The number of fused-ring (bicyclic) bond motifs is 1. The first kappa shape index (κ1) is 17.6. The van der Waals surface area contributed by atoms with Crippen molar-refractivity contribution in [2.45, 2.75) is 26.2 Å². The van der Waals surface area contributed by atoms with Gasteiger partial charge in [-0.1, -0.05) is 13.0 Å². The van der Waals surface area contributed by atoms with E-state index in [4.69, 9.17) is 0 Å². The second-order valence-electron chi connectivity index (χ2n) is 6.15. The lowest BCUT2D eigenvalue weighted by Crippen LogP contribution is -2.35. The Morgan fingerprint density at radius 2 is 2.04 bits per heavy atom. The number of carbonyl (C=O) groups is 2. The summed E-state index contributed by atoms with van der Waals surface area (Å²) in [5.74, 6) is -0.293. The largest absolute Gasteiger partial charge is 0.322 e. The number of amides is 2. The number of nitro groups is 1. The lowest BCUT2D eigenvalue weighted by molar-refractivity contribution is -0.384. The SMILES string of the molecule is CCCN1C(=O)CCc2cc(NC(=O)c3cccc([N+](=O)[O-])c3)ccc21. The Balaban J connectivity index is 1.81. The van der Waals surface area contributed by atoms with Gasteiger partial charge in [0.1, 0.15) is 0 Å². The minimum absolute atomic E-state index is 0.118. The van der Waals surface area contributed by atoms with E-state index in [0.29, 0.717) is 25.1 Å². The average Bonchev–Trinajstić information content (AvgIpc) is 2.64. The fourth-order valence-corrected chi connectivity index (χ4v) is 3.07. The molecule has 0 fully saturated rings. The molecular weight excluding hydrogens is 334 g/mol. The highest BCUT2D eigenvalue weighted by atomic mass is 16.6. The van der Waals surface area contributed by atoms with Crippen LogP contribution in [0.1, 0.15) is 35.7 Å². The van der Waals surface area contributed by atoms with Crippen LogP contribution < -0.4 is 10.2 Å². The van der Waals surface area contributed by atoms with E-state index in [9.17, 15) is 19.7 Å². The third-order valence-electron chi connectivity index (χ3n) is 4.30. The molecule has 1 aliphatic rings. The molecular formula is C19H19N3O4. The zero-order chi connectivity index (χ0) is 18.7. The second-order valence-corrected chi connectivity index (χ2v) is 6.15. The molecule has 26 heavy (non-hydrogen) atoms. The summed E-state index contributed by atoms with van der Waals surface area (Å²) in [5.41, 5.74) is 2.59. The quantitative estimate of drug-likeness (QED) is 0.657. The zero-order valence-corrected chi connectivity index (χ0v) is 14.4. The predicted molar refractivity (Wildman–Crippen MR) is 98.5 cm³/mol. The molecule has 0 atom stereocenters. The number of nitrogens with zero attached hydrogens (tertiary/aromatic N) is 2. The van der Waals surface area contributed by atoms with E-state index < -0.39 is 10.8 Å². The molecule has 7 nitrogen and oxygen atoms in total. The third kappa shape index (κ3) is 3.56. The maximum Gasteiger partial charge on any atom is 0.270 e. The Bertz CT molecular complexity index is 879. The summed E-state index contributed by atoms with van der Waals surface area (Å²) in [6.07, 6.45) is 1.96. The molecule has 0 bridgehead atoms. The van der Waals surface area contributed by atoms with E-state index in [2.05, 4.69) is 5.32 Å². The minimum Gasteiger partial charge on any atom is -0.322 e. The molecule has 134 valence electrons. The van der Waals surface area contributed by atoms with Crippen LogP contribution in [0, 0.1) is 10.1 Å². The summed E-state index contributed by atoms with van der Waals surface area (Å²) in [6.45, 7) is 2.69. The van der Waals surface area contributed by atoms with Crippen molar-refractivity contribution >= 4 is 28.9 Å². The van der Waals surface area contributed by atoms with Gasteiger partial charge in [-0.2, -0.15) is 0 Å². The predicted octanol–water partition coefficient (Wildman–Crippen LogP) is 3.54. The van der Waals surface area contributed by atoms with Crippen molar-refractivity contribution < 1.29 is 14.5 Å². The molecule has 0 aliphatic carbocycles. The Hall–Kier alpha value is -3.22. The number of carbonyl (C=O) groups excluding carboxylic acids is 2. The van der Waals surface area contributed by atoms with Crippen molar-refractivity contribution in [2.24, 2.45) is 0 Å². The number of hydrogen-bond acceptors (Lipinski definition) is 4. The lowest BCUT2D eigenvalue weighted by Gasteiger charge is -2.29. The van der Waals surface area contributed by atoms with Gasteiger partial charge in [-0.05, 0) is 42.7 Å². The smallest absolute Gasteiger partial charge is 0.270 e. The van der Waals surface area contributed by atoms with Gasteiger partial charge in [-0.15, -0.1) is 0 Å². The van der Waals surface area contributed by atoms with Crippen molar-refractivity contribution in [3.8, 4) is 0 Å². The van der Waals surface area contributed by atoms with Crippen LogP contribution in [0.15, 0.2) is 42.5 Å². The minimum atomic E-state index is -0.533. The van der Waals surface area contributed by atoms with E-state index in [-0.39, 0.29) is 17.2 Å². The molecule has 1 aliphatic heterocycles. The summed E-state index contributed by atoms with van der Waals surface area (Å²) < 4.78 is 0. The molecule has 7 heteroatoms. The highest BCUT2D eigenvalue weighted by Gasteiger charge is 2.23. The average molecular weight is 353 g/mol. The van der Waals surface area contributed by atoms with E-state index in [1.54, 1.807) is 11.0 Å². The van der Waals surface area contributed by atoms with Crippen LogP contribution in [0.5, 0.6) is 0 Å². The van der Waals surface area contributed by atoms with Crippen LogP contribution in [0.25, 0.3) is 0 Å². The molecule has 3 rings (SSSR count). The molecule has 1 heterocycles. The Kier molecular flexibility index (Phi) is 4.97. The van der Waals surface area contributed by atoms with Gasteiger partial charge >= 0.3 is 0 Å². The number of nitrogens with one attached hydrogen (secondary N) is 1. The number of anilines is 2. The van der Waals surface area contributed by atoms with E-state index in [1.165, 1.54) is 24.3 Å². The van der Waals surface area contributed by atoms with Crippen molar-refractivity contribution in [2.75, 3.05) is 16.8 Å². The first-order valence-corrected chi connectivity index (χ1v) is 8.48. The van der Waals surface area contributed by atoms with Crippen molar-refractivity contribution in [1.29, 1.82) is 0 Å². The summed E-state index contributed by atoms with van der Waals surface area (Å²) in [6, 6.07) is 11.0. The Morgan fingerprint density at radius 3 is 2.77 bits per heavy atom. The van der Waals surface area contributed by atoms with Gasteiger partial charge < -0.3 is 10.2 Å². The summed E-state index contributed by atoms with van der Waals surface area (Å²) in [7, 11) is 0. The Morgan fingerprint density at radius 1 is 1.23 bits per heavy atom. The van der Waals surface area contributed by atoms with E-state index in [0.717, 1.165) is 17.7 Å². The van der Waals surface area contributed by atoms with E-state index in [1.807, 2.05) is 19.1 Å². The van der Waals surface area contributed by atoms with Gasteiger partial charge in [0.25, 0.3) is 11.6 Å². The normalized spacial score (nSPS) is 13.3. The molecule has 2 aromatic rings. The van der Waals surface area contributed by atoms with Gasteiger partial charge in [0.2, 0.25) is 5.91 Å². The molecule has 0 saturated carbocycles. The zero-order valence-electron chi connectivity index (χ0n) is 14.4. The number of non-ortho nitro benzene ring substituents is 1.